The minimum Gasteiger partial charge on any atom is -0.386 e. The highest BCUT2D eigenvalue weighted by molar-refractivity contribution is 5.99. The van der Waals surface area contributed by atoms with Gasteiger partial charge in [-0.05, 0) is 26.1 Å². The molecule has 0 fully saturated rings. The van der Waals surface area contributed by atoms with Crippen LogP contribution in [-0.4, -0.2) is 48.5 Å². The predicted molar refractivity (Wildman–Crippen MR) is 78.5 cm³/mol. The van der Waals surface area contributed by atoms with Crippen LogP contribution in [0, 0.1) is 0 Å². The highest BCUT2D eigenvalue weighted by atomic mass is 16.1. The molecular formula is C14H24N4O. The van der Waals surface area contributed by atoms with E-state index >= 15 is 0 Å². The highest BCUT2D eigenvalue weighted by Gasteiger charge is 2.14. The van der Waals surface area contributed by atoms with Gasteiger partial charge in [-0.2, -0.15) is 0 Å². The number of likely N-dealkylation sites (N-methyl/N-ethyl adjacent to an activating group) is 1. The molecule has 1 heterocycles. The fourth-order valence-electron chi connectivity index (χ4n) is 2.01. The second-order valence-corrected chi connectivity index (χ2v) is 4.53. The van der Waals surface area contributed by atoms with Crippen molar-refractivity contribution in [3.05, 3.63) is 24.0 Å². The average molecular weight is 264 g/mol. The normalized spacial score (nSPS) is 12.3. The molecule has 5 heteroatoms. The molecule has 0 saturated heterocycles. The molecule has 0 spiro atoms. The summed E-state index contributed by atoms with van der Waals surface area (Å²) in [4.78, 5) is 18.5. The number of aromatic nitrogens is 1. The Morgan fingerprint density at radius 1 is 1.42 bits per heavy atom. The van der Waals surface area contributed by atoms with Gasteiger partial charge >= 0.3 is 0 Å². The molecule has 0 aliphatic rings. The fraction of sp³-hybridized carbons (Fsp3) is 0.571. The van der Waals surface area contributed by atoms with E-state index in [-0.39, 0.29) is 11.9 Å². The van der Waals surface area contributed by atoms with Crippen LogP contribution in [-0.2, 0) is 0 Å². The van der Waals surface area contributed by atoms with Gasteiger partial charge in [0.1, 0.15) is 0 Å². The molecule has 19 heavy (non-hydrogen) atoms. The van der Waals surface area contributed by atoms with Crippen LogP contribution < -0.4 is 10.6 Å². The van der Waals surface area contributed by atoms with E-state index < -0.39 is 0 Å². The Labute approximate surface area is 115 Å². The third-order valence-electron chi connectivity index (χ3n) is 3.14. The molecule has 1 aromatic rings. The lowest BCUT2D eigenvalue weighted by Gasteiger charge is -2.23. The van der Waals surface area contributed by atoms with Crippen molar-refractivity contribution in [2.24, 2.45) is 0 Å². The van der Waals surface area contributed by atoms with Gasteiger partial charge in [0.25, 0.3) is 5.91 Å². The van der Waals surface area contributed by atoms with Crippen molar-refractivity contribution in [1.29, 1.82) is 0 Å². The summed E-state index contributed by atoms with van der Waals surface area (Å²) in [5.74, 6) is -0.0635. The van der Waals surface area contributed by atoms with E-state index in [9.17, 15) is 4.79 Å². The number of pyridine rings is 1. The third-order valence-corrected chi connectivity index (χ3v) is 3.14. The van der Waals surface area contributed by atoms with Crippen molar-refractivity contribution in [3.63, 3.8) is 0 Å². The van der Waals surface area contributed by atoms with E-state index in [1.54, 1.807) is 25.5 Å². The molecule has 106 valence electrons. The van der Waals surface area contributed by atoms with E-state index in [0.717, 1.165) is 25.3 Å². The molecule has 2 N–H and O–H groups in total. The molecule has 0 aliphatic carbocycles. The first-order valence-corrected chi connectivity index (χ1v) is 6.77. The van der Waals surface area contributed by atoms with Crippen LogP contribution in [0.25, 0.3) is 0 Å². The first-order chi connectivity index (χ1) is 9.12. The van der Waals surface area contributed by atoms with Crippen LogP contribution in [0.5, 0.6) is 0 Å². The summed E-state index contributed by atoms with van der Waals surface area (Å²) in [5.41, 5.74) is 1.37. The van der Waals surface area contributed by atoms with Gasteiger partial charge in [-0.3, -0.25) is 9.78 Å². The number of nitrogens with zero attached hydrogens (tertiary/aromatic N) is 2. The molecule has 1 rings (SSSR count). The molecule has 1 unspecified atom stereocenters. The Hall–Kier alpha value is -1.62. The lowest BCUT2D eigenvalue weighted by molar-refractivity contribution is 0.0931. The van der Waals surface area contributed by atoms with Gasteiger partial charge in [0.2, 0.25) is 0 Å². The first kappa shape index (κ1) is 15.4. The van der Waals surface area contributed by atoms with Gasteiger partial charge in [0, 0.05) is 25.8 Å². The van der Waals surface area contributed by atoms with Crippen molar-refractivity contribution < 1.29 is 4.79 Å². The smallest absolute Gasteiger partial charge is 0.253 e. The number of hydrogen-bond acceptors (Lipinski definition) is 4. The van der Waals surface area contributed by atoms with Gasteiger partial charge in [0.05, 0.1) is 17.4 Å². The molecule has 1 amide bonds. The summed E-state index contributed by atoms with van der Waals surface area (Å²) in [5, 5.41) is 6.00. The van der Waals surface area contributed by atoms with Gasteiger partial charge < -0.3 is 15.5 Å². The first-order valence-electron chi connectivity index (χ1n) is 6.77. The van der Waals surface area contributed by atoms with Crippen molar-refractivity contribution in [3.8, 4) is 0 Å². The topological polar surface area (TPSA) is 57.3 Å². The van der Waals surface area contributed by atoms with E-state index in [4.69, 9.17) is 0 Å². The second kappa shape index (κ2) is 7.74. The number of hydrogen-bond donors (Lipinski definition) is 2. The number of rotatable bonds is 7. The Morgan fingerprint density at radius 2 is 2.11 bits per heavy atom. The van der Waals surface area contributed by atoms with Gasteiger partial charge in [-0.25, -0.2) is 0 Å². The van der Waals surface area contributed by atoms with E-state index in [1.165, 1.54) is 0 Å². The molecule has 0 saturated carbocycles. The number of anilines is 1. The lowest BCUT2D eigenvalue weighted by Crippen LogP contribution is -2.42. The van der Waals surface area contributed by atoms with Gasteiger partial charge in [-0.15, -0.1) is 0 Å². The summed E-state index contributed by atoms with van der Waals surface area (Å²) >= 11 is 0. The quantitative estimate of drug-likeness (QED) is 0.785. The third kappa shape index (κ3) is 4.52. The summed E-state index contributed by atoms with van der Waals surface area (Å²) in [6, 6.07) is 1.84. The van der Waals surface area contributed by atoms with Gasteiger partial charge in [-0.1, -0.05) is 13.8 Å². The van der Waals surface area contributed by atoms with Crippen LogP contribution in [0.1, 0.15) is 31.1 Å². The van der Waals surface area contributed by atoms with E-state index in [2.05, 4.69) is 34.4 Å². The standard InChI is InChI=1S/C14H24N4O/c1-5-18(6-2)10-11(3)17-14(19)12-7-8-16-9-13(12)15-4/h7-9,11,15H,5-6,10H2,1-4H3,(H,17,19). The molecule has 0 aromatic carbocycles. The van der Waals surface area contributed by atoms with Crippen molar-refractivity contribution in [1.82, 2.24) is 15.2 Å². The van der Waals surface area contributed by atoms with Crippen LogP contribution in [0.3, 0.4) is 0 Å². The van der Waals surface area contributed by atoms with Crippen molar-refractivity contribution in [2.45, 2.75) is 26.8 Å². The maximum atomic E-state index is 12.2. The molecule has 0 aliphatic heterocycles. The van der Waals surface area contributed by atoms with Crippen LogP contribution >= 0.6 is 0 Å². The summed E-state index contributed by atoms with van der Waals surface area (Å²) in [6.45, 7) is 9.12. The Kier molecular flexibility index (Phi) is 6.29. The molecule has 1 aromatic heterocycles. The maximum Gasteiger partial charge on any atom is 0.253 e. The van der Waals surface area contributed by atoms with Crippen molar-refractivity contribution >= 4 is 11.6 Å². The van der Waals surface area contributed by atoms with Crippen LogP contribution in [0.15, 0.2) is 18.5 Å². The fourth-order valence-corrected chi connectivity index (χ4v) is 2.01. The number of carbonyl (C=O) groups is 1. The molecule has 1 atom stereocenters. The largest absolute Gasteiger partial charge is 0.386 e. The molecule has 5 nitrogen and oxygen atoms in total. The summed E-state index contributed by atoms with van der Waals surface area (Å²) in [6.07, 6.45) is 3.29. The highest BCUT2D eigenvalue weighted by Crippen LogP contribution is 2.12. The maximum absolute atomic E-state index is 12.2. The zero-order chi connectivity index (χ0) is 14.3. The predicted octanol–water partition coefficient (Wildman–Crippen LogP) is 1.58. The second-order valence-electron chi connectivity index (χ2n) is 4.53. The lowest BCUT2D eigenvalue weighted by atomic mass is 10.2. The molecule has 0 radical (unpaired) electrons. The Bertz CT molecular complexity index is 404. The van der Waals surface area contributed by atoms with Crippen LogP contribution in [0.2, 0.25) is 0 Å². The molecule has 0 bridgehead atoms. The average Bonchev–Trinajstić information content (AvgIpc) is 2.44. The number of nitrogens with one attached hydrogen (secondary N) is 2. The van der Waals surface area contributed by atoms with E-state index in [0.29, 0.717) is 5.56 Å². The van der Waals surface area contributed by atoms with Gasteiger partial charge in [0.15, 0.2) is 0 Å². The summed E-state index contributed by atoms with van der Waals surface area (Å²) in [7, 11) is 1.78. The SMILES string of the molecule is CCN(CC)CC(C)NC(=O)c1ccncc1NC. The molecular weight excluding hydrogens is 240 g/mol. The number of carbonyl (C=O) groups excluding carboxylic acids is 1. The monoisotopic (exact) mass is 264 g/mol. The zero-order valence-electron chi connectivity index (χ0n) is 12.2. The van der Waals surface area contributed by atoms with Crippen LogP contribution in [0.4, 0.5) is 5.69 Å². The Balaban J connectivity index is 2.63. The Morgan fingerprint density at radius 3 is 2.68 bits per heavy atom. The summed E-state index contributed by atoms with van der Waals surface area (Å²) < 4.78 is 0. The van der Waals surface area contributed by atoms with E-state index in [1.807, 2.05) is 6.92 Å². The zero-order valence-corrected chi connectivity index (χ0v) is 12.2. The minimum absolute atomic E-state index is 0.0635. The number of amides is 1. The minimum atomic E-state index is -0.0635. The van der Waals surface area contributed by atoms with Crippen molar-refractivity contribution in [2.75, 3.05) is 32.0 Å².